The van der Waals surface area contributed by atoms with Crippen LogP contribution in [0.1, 0.15) is 6.92 Å². The number of rotatable bonds is 3. The van der Waals surface area contributed by atoms with Crippen molar-refractivity contribution in [1.29, 1.82) is 0 Å². The molecule has 0 fully saturated rings. The van der Waals surface area contributed by atoms with E-state index >= 15 is 0 Å². The Morgan fingerprint density at radius 3 is 2.33 bits per heavy atom. The molecule has 0 N–H and O–H groups in total. The van der Waals surface area contributed by atoms with Crippen LogP contribution in [0.15, 0.2) is 0 Å². The summed E-state index contributed by atoms with van der Waals surface area (Å²) in [7, 11) is 1.04. The second-order valence-electron chi connectivity index (χ2n) is 1.70. The van der Waals surface area contributed by atoms with E-state index in [0.717, 1.165) is 7.11 Å². The Labute approximate surface area is 68.4 Å². The van der Waals surface area contributed by atoms with Crippen LogP contribution in [0.3, 0.4) is 0 Å². The van der Waals surface area contributed by atoms with Crippen LogP contribution in [0, 0.1) is 0 Å². The maximum atomic E-state index is 10.6. The van der Waals surface area contributed by atoms with E-state index in [4.69, 9.17) is 0 Å². The van der Waals surface area contributed by atoms with Gasteiger partial charge in [-0.3, -0.25) is 4.79 Å². The van der Waals surface area contributed by atoms with Crippen molar-refractivity contribution in [2.75, 3.05) is 7.11 Å². The zero-order valence-corrected chi connectivity index (χ0v) is 6.60. The second-order valence-corrected chi connectivity index (χ2v) is 1.70. The lowest BCUT2D eigenvalue weighted by Gasteiger charge is -2.08. The average Bonchev–Trinajstić information content (AvgIpc) is 2.03. The van der Waals surface area contributed by atoms with Gasteiger partial charge in [-0.1, -0.05) is 0 Å². The summed E-state index contributed by atoms with van der Waals surface area (Å²) in [6.07, 6.45) is -1.09. The highest BCUT2D eigenvalue weighted by molar-refractivity contribution is 6.29. The Bertz CT molecular complexity index is 186. The van der Waals surface area contributed by atoms with E-state index in [1.54, 1.807) is 0 Å². The van der Waals surface area contributed by atoms with Gasteiger partial charge in [-0.05, 0) is 0 Å². The van der Waals surface area contributed by atoms with Crippen LogP contribution in [0.2, 0.25) is 0 Å². The molecule has 0 radical (unpaired) electrons. The third-order valence-corrected chi connectivity index (χ3v) is 0.872. The monoisotopic (exact) mass is 176 g/mol. The largest absolute Gasteiger partial charge is 0.461 e. The summed E-state index contributed by atoms with van der Waals surface area (Å²) in [6.45, 7) is 1.39. The van der Waals surface area contributed by atoms with Gasteiger partial charge in [-0.25, -0.2) is 9.59 Å². The number of carbonyl (C=O) groups is 3. The molecule has 0 aromatic rings. The molecule has 68 valence electrons. The van der Waals surface area contributed by atoms with Crippen molar-refractivity contribution in [3.05, 3.63) is 0 Å². The Hall–Kier alpha value is -1.59. The van der Waals surface area contributed by atoms with Crippen molar-refractivity contribution in [3.8, 4) is 0 Å². The first-order valence-electron chi connectivity index (χ1n) is 2.99. The van der Waals surface area contributed by atoms with Crippen LogP contribution in [0.4, 0.5) is 0 Å². The third-order valence-electron chi connectivity index (χ3n) is 0.872. The molecule has 0 aliphatic rings. The van der Waals surface area contributed by atoms with Crippen LogP contribution in [0.5, 0.6) is 0 Å². The van der Waals surface area contributed by atoms with Crippen molar-refractivity contribution in [1.82, 2.24) is 0 Å². The molecule has 0 saturated carbocycles. The lowest BCUT2D eigenvalue weighted by Crippen LogP contribution is -2.25. The molecule has 0 saturated heterocycles. The fourth-order valence-electron chi connectivity index (χ4n) is 0.388. The number of ether oxygens (including phenoxy) is 3. The van der Waals surface area contributed by atoms with Crippen molar-refractivity contribution < 1.29 is 28.6 Å². The minimum absolute atomic E-state index is 0.106. The van der Waals surface area contributed by atoms with Gasteiger partial charge in [0.05, 0.1) is 7.11 Å². The van der Waals surface area contributed by atoms with Crippen LogP contribution in [0.25, 0.3) is 0 Å². The fraction of sp³-hybridized carbons (Fsp3) is 0.500. The number of hydrogen-bond acceptors (Lipinski definition) is 6. The third kappa shape index (κ3) is 3.55. The summed E-state index contributed by atoms with van der Waals surface area (Å²) in [5, 5.41) is 0. The van der Waals surface area contributed by atoms with Crippen LogP contribution < -0.4 is 0 Å². The smallest absolute Gasteiger partial charge is 0.420 e. The van der Waals surface area contributed by atoms with Gasteiger partial charge in [0.2, 0.25) is 6.29 Å². The quantitative estimate of drug-likeness (QED) is 0.243. The summed E-state index contributed by atoms with van der Waals surface area (Å²) in [6, 6.07) is 0. The minimum Gasteiger partial charge on any atom is -0.461 e. The van der Waals surface area contributed by atoms with Crippen LogP contribution in [-0.2, 0) is 28.6 Å². The Morgan fingerprint density at radius 2 is 1.92 bits per heavy atom. The summed E-state index contributed by atoms with van der Waals surface area (Å²) >= 11 is 0. The topological polar surface area (TPSA) is 78.9 Å². The molecule has 6 nitrogen and oxygen atoms in total. The van der Waals surface area contributed by atoms with Gasteiger partial charge in [0.1, 0.15) is 0 Å². The molecular weight excluding hydrogens is 168 g/mol. The van der Waals surface area contributed by atoms with Crippen molar-refractivity contribution in [3.63, 3.8) is 0 Å². The molecule has 0 heterocycles. The lowest BCUT2D eigenvalue weighted by atomic mass is 10.6. The van der Waals surface area contributed by atoms with Gasteiger partial charge in [-0.15, -0.1) is 0 Å². The van der Waals surface area contributed by atoms with Crippen molar-refractivity contribution >= 4 is 18.4 Å². The molecule has 0 aromatic heterocycles. The molecule has 0 aromatic carbocycles. The van der Waals surface area contributed by atoms with Gasteiger partial charge >= 0.3 is 11.9 Å². The Kier molecular flexibility index (Phi) is 4.43. The van der Waals surface area contributed by atoms with Gasteiger partial charge in [-0.2, -0.15) is 0 Å². The van der Waals surface area contributed by atoms with E-state index < -0.39 is 18.2 Å². The van der Waals surface area contributed by atoms with Crippen molar-refractivity contribution in [2.45, 2.75) is 13.2 Å². The van der Waals surface area contributed by atoms with E-state index in [-0.39, 0.29) is 6.47 Å². The standard InChI is InChI=1S/C6H8O6/c1-4(11-3-7)12-6(9)5(8)10-2/h3-4H,1-2H3. The number of carbonyl (C=O) groups excluding carboxylic acids is 3. The van der Waals surface area contributed by atoms with E-state index in [9.17, 15) is 14.4 Å². The Balaban J connectivity index is 3.83. The average molecular weight is 176 g/mol. The zero-order valence-electron chi connectivity index (χ0n) is 6.60. The number of methoxy groups -OCH3 is 1. The van der Waals surface area contributed by atoms with E-state index in [2.05, 4.69) is 14.2 Å². The van der Waals surface area contributed by atoms with Crippen LogP contribution >= 0.6 is 0 Å². The van der Waals surface area contributed by atoms with Crippen molar-refractivity contribution in [2.24, 2.45) is 0 Å². The summed E-state index contributed by atoms with van der Waals surface area (Å²) in [4.78, 5) is 30.7. The molecule has 12 heavy (non-hydrogen) atoms. The maximum Gasteiger partial charge on any atom is 0.420 e. The zero-order chi connectivity index (χ0) is 9.56. The summed E-state index contributed by atoms with van der Waals surface area (Å²) in [5.41, 5.74) is 0. The van der Waals surface area contributed by atoms with Gasteiger partial charge in [0.15, 0.2) is 0 Å². The SMILES string of the molecule is COC(=O)C(=O)OC(C)OC=O. The molecule has 1 atom stereocenters. The summed E-state index contributed by atoms with van der Waals surface area (Å²) < 4.78 is 12.5. The maximum absolute atomic E-state index is 10.6. The molecule has 0 aliphatic heterocycles. The van der Waals surface area contributed by atoms with Gasteiger partial charge in [0.25, 0.3) is 6.47 Å². The first kappa shape index (κ1) is 10.4. The fourth-order valence-corrected chi connectivity index (χ4v) is 0.388. The molecule has 0 bridgehead atoms. The van der Waals surface area contributed by atoms with Crippen LogP contribution in [-0.4, -0.2) is 31.8 Å². The molecule has 6 heteroatoms. The number of hydrogen-bond donors (Lipinski definition) is 0. The predicted octanol–water partition coefficient (Wildman–Crippen LogP) is -0.778. The molecular formula is C6H8O6. The van der Waals surface area contributed by atoms with Gasteiger partial charge in [0, 0.05) is 6.92 Å². The first-order valence-corrected chi connectivity index (χ1v) is 2.99. The minimum atomic E-state index is -1.20. The first-order chi connectivity index (χ1) is 5.61. The predicted molar refractivity (Wildman–Crippen MR) is 34.7 cm³/mol. The highest BCUT2D eigenvalue weighted by Crippen LogP contribution is 1.92. The summed E-state index contributed by atoms with van der Waals surface area (Å²) in [5.74, 6) is -2.34. The second kappa shape index (κ2) is 5.11. The molecule has 0 aliphatic carbocycles. The Morgan fingerprint density at radius 1 is 1.33 bits per heavy atom. The molecule has 0 spiro atoms. The van der Waals surface area contributed by atoms with E-state index in [1.165, 1.54) is 6.92 Å². The lowest BCUT2D eigenvalue weighted by molar-refractivity contribution is -0.185. The van der Waals surface area contributed by atoms with E-state index in [0.29, 0.717) is 0 Å². The highest BCUT2D eigenvalue weighted by atomic mass is 16.7. The normalized spacial score (nSPS) is 11.2. The molecule has 1 unspecified atom stereocenters. The van der Waals surface area contributed by atoms with Gasteiger partial charge < -0.3 is 14.2 Å². The number of esters is 2. The highest BCUT2D eigenvalue weighted by Gasteiger charge is 2.18. The molecule has 0 rings (SSSR count). The van der Waals surface area contributed by atoms with E-state index in [1.807, 2.05) is 0 Å². The molecule has 0 amide bonds.